The van der Waals surface area contributed by atoms with Crippen molar-refractivity contribution in [3.05, 3.63) is 51.2 Å². The Hall–Kier alpha value is -1.71. The van der Waals surface area contributed by atoms with Gasteiger partial charge in [-0.05, 0) is 24.5 Å². The molecule has 7 heteroatoms. The van der Waals surface area contributed by atoms with E-state index in [0.29, 0.717) is 5.69 Å². The van der Waals surface area contributed by atoms with Gasteiger partial charge in [0, 0.05) is 5.69 Å². The number of hydrogen-bond acceptors (Lipinski definition) is 3. The first-order valence-corrected chi connectivity index (χ1v) is 6.27. The van der Waals surface area contributed by atoms with Gasteiger partial charge in [-0.2, -0.15) is 0 Å². The lowest BCUT2D eigenvalue weighted by molar-refractivity contribution is -0.114. The average Bonchev–Trinajstić information content (AvgIpc) is 2.33. The van der Waals surface area contributed by atoms with Crippen molar-refractivity contribution in [3.8, 4) is 0 Å². The molecule has 0 bridgehead atoms. The Kier molecular flexibility index (Phi) is 5.01. The standard InChI is InChI=1S/C11H9ClFN3OS/c1-15-9(10(14)17)11(18-2)16-6-3-4-7(12)8(13)5-6/h3-5,16H,2H3,(H2,14,17)/b11-9+. The van der Waals surface area contributed by atoms with Gasteiger partial charge in [-0.1, -0.05) is 11.6 Å². The van der Waals surface area contributed by atoms with Gasteiger partial charge >= 0.3 is 0 Å². The number of thioether (sulfide) groups is 1. The molecule has 94 valence electrons. The monoisotopic (exact) mass is 285 g/mol. The summed E-state index contributed by atoms with van der Waals surface area (Å²) in [6.45, 7) is 6.88. The lowest BCUT2D eigenvalue weighted by Gasteiger charge is -2.10. The van der Waals surface area contributed by atoms with Crippen molar-refractivity contribution in [1.29, 1.82) is 0 Å². The Morgan fingerprint density at radius 1 is 1.61 bits per heavy atom. The fourth-order valence-electron chi connectivity index (χ4n) is 1.13. The minimum absolute atomic E-state index is 0.00413. The maximum absolute atomic E-state index is 13.2. The van der Waals surface area contributed by atoms with Gasteiger partial charge in [-0.15, -0.1) is 11.8 Å². The Bertz CT molecular complexity index is 554. The largest absolute Gasteiger partial charge is 0.375 e. The summed E-state index contributed by atoms with van der Waals surface area (Å²) in [4.78, 5) is 14.1. The summed E-state index contributed by atoms with van der Waals surface area (Å²) < 4.78 is 13.2. The van der Waals surface area contributed by atoms with Crippen LogP contribution in [-0.2, 0) is 4.79 Å². The molecule has 1 rings (SSSR count). The van der Waals surface area contributed by atoms with Gasteiger partial charge in [0.25, 0.3) is 5.70 Å². The van der Waals surface area contributed by atoms with Crippen LogP contribution in [0, 0.1) is 12.4 Å². The normalized spacial score (nSPS) is 11.4. The van der Waals surface area contributed by atoms with Crippen LogP contribution in [0.2, 0.25) is 5.02 Å². The average molecular weight is 286 g/mol. The number of nitrogens with zero attached hydrogens (tertiary/aromatic N) is 1. The topological polar surface area (TPSA) is 59.5 Å². The van der Waals surface area contributed by atoms with E-state index in [-0.39, 0.29) is 15.7 Å². The molecule has 0 aliphatic carbocycles. The highest BCUT2D eigenvalue weighted by Crippen LogP contribution is 2.24. The van der Waals surface area contributed by atoms with Crippen molar-refractivity contribution < 1.29 is 9.18 Å². The van der Waals surface area contributed by atoms with Crippen LogP contribution in [0.15, 0.2) is 28.9 Å². The molecule has 0 heterocycles. The Morgan fingerprint density at radius 3 is 2.72 bits per heavy atom. The number of primary amides is 1. The van der Waals surface area contributed by atoms with E-state index in [1.807, 2.05) is 0 Å². The smallest absolute Gasteiger partial charge is 0.278 e. The highest BCUT2D eigenvalue weighted by Gasteiger charge is 2.13. The van der Waals surface area contributed by atoms with Crippen molar-refractivity contribution in [2.75, 3.05) is 11.6 Å². The van der Waals surface area contributed by atoms with E-state index in [9.17, 15) is 9.18 Å². The molecule has 0 atom stereocenters. The van der Waals surface area contributed by atoms with Crippen LogP contribution in [0.25, 0.3) is 4.85 Å². The number of rotatable bonds is 4. The first-order valence-electron chi connectivity index (χ1n) is 4.67. The third-order valence-corrected chi connectivity index (χ3v) is 2.95. The number of nitrogens with one attached hydrogen (secondary N) is 1. The number of carbonyl (C=O) groups is 1. The molecular weight excluding hydrogens is 277 g/mol. The molecular formula is C11H9ClFN3OS. The highest BCUT2D eigenvalue weighted by atomic mass is 35.5. The number of nitrogens with two attached hydrogens (primary N) is 1. The zero-order valence-electron chi connectivity index (χ0n) is 9.33. The van der Waals surface area contributed by atoms with Crippen molar-refractivity contribution in [2.45, 2.75) is 0 Å². The van der Waals surface area contributed by atoms with Crippen LogP contribution in [-0.4, -0.2) is 12.2 Å². The third-order valence-electron chi connectivity index (χ3n) is 1.94. The number of anilines is 1. The van der Waals surface area contributed by atoms with E-state index in [2.05, 4.69) is 10.2 Å². The molecule has 0 saturated carbocycles. The van der Waals surface area contributed by atoms with Gasteiger partial charge in [-0.25, -0.2) is 9.24 Å². The first-order chi connectivity index (χ1) is 8.49. The predicted octanol–water partition coefficient (Wildman–Crippen LogP) is 2.83. The van der Waals surface area contributed by atoms with E-state index >= 15 is 0 Å². The summed E-state index contributed by atoms with van der Waals surface area (Å²) in [6.07, 6.45) is 1.67. The zero-order valence-corrected chi connectivity index (χ0v) is 10.9. The van der Waals surface area contributed by atoms with E-state index in [4.69, 9.17) is 23.9 Å². The highest BCUT2D eigenvalue weighted by molar-refractivity contribution is 8.02. The second-order valence-corrected chi connectivity index (χ2v) is 4.34. The van der Waals surface area contributed by atoms with Gasteiger partial charge in [0.05, 0.1) is 16.6 Å². The van der Waals surface area contributed by atoms with Crippen LogP contribution in [0.5, 0.6) is 0 Å². The molecule has 0 spiro atoms. The fraction of sp³-hybridized carbons (Fsp3) is 0.0909. The van der Waals surface area contributed by atoms with Crippen LogP contribution >= 0.6 is 23.4 Å². The summed E-state index contributed by atoms with van der Waals surface area (Å²) in [5, 5.41) is 3.02. The van der Waals surface area contributed by atoms with E-state index < -0.39 is 11.7 Å². The summed E-state index contributed by atoms with van der Waals surface area (Å²) in [6, 6.07) is 4.07. The quantitative estimate of drug-likeness (QED) is 0.660. The molecule has 0 aliphatic heterocycles. The minimum atomic E-state index is -0.837. The number of carbonyl (C=O) groups excluding carboxylic acids is 1. The molecule has 1 aromatic carbocycles. The van der Waals surface area contributed by atoms with E-state index in [1.165, 1.54) is 18.2 Å². The molecule has 18 heavy (non-hydrogen) atoms. The predicted molar refractivity (Wildman–Crippen MR) is 71.4 cm³/mol. The van der Waals surface area contributed by atoms with Gasteiger partial charge in [0.15, 0.2) is 0 Å². The lowest BCUT2D eigenvalue weighted by atomic mass is 10.3. The molecule has 1 aromatic rings. The Morgan fingerprint density at radius 2 is 2.28 bits per heavy atom. The number of halogens is 2. The summed E-state index contributed by atoms with van der Waals surface area (Å²) in [7, 11) is 0. The van der Waals surface area contributed by atoms with E-state index in [1.54, 1.807) is 6.26 Å². The molecule has 3 N–H and O–H groups in total. The molecule has 0 aromatic heterocycles. The van der Waals surface area contributed by atoms with Crippen molar-refractivity contribution in [1.82, 2.24) is 0 Å². The van der Waals surface area contributed by atoms with Gasteiger partial charge in [-0.3, -0.25) is 4.79 Å². The third kappa shape index (κ3) is 3.39. The van der Waals surface area contributed by atoms with Crippen molar-refractivity contribution in [2.24, 2.45) is 5.73 Å². The Balaban J connectivity index is 3.10. The number of hydrogen-bond donors (Lipinski definition) is 2. The minimum Gasteiger partial charge on any atom is -0.375 e. The SMILES string of the molecule is [C-]#[N+]/C(C(N)=O)=C(\Nc1ccc(Cl)c(F)c1)SC. The van der Waals surface area contributed by atoms with Gasteiger partial charge in [0.1, 0.15) is 5.82 Å². The summed E-state index contributed by atoms with van der Waals surface area (Å²) in [5.41, 5.74) is 5.23. The van der Waals surface area contributed by atoms with Crippen LogP contribution in [0.3, 0.4) is 0 Å². The van der Waals surface area contributed by atoms with Gasteiger partial charge in [0.2, 0.25) is 5.91 Å². The Labute approximate surface area is 113 Å². The lowest BCUT2D eigenvalue weighted by Crippen LogP contribution is -2.15. The second kappa shape index (κ2) is 6.28. The molecule has 4 nitrogen and oxygen atoms in total. The van der Waals surface area contributed by atoms with E-state index in [0.717, 1.165) is 11.8 Å². The molecule has 1 amide bonds. The van der Waals surface area contributed by atoms with Crippen LogP contribution in [0.4, 0.5) is 10.1 Å². The van der Waals surface area contributed by atoms with Crippen LogP contribution in [0.1, 0.15) is 0 Å². The first kappa shape index (κ1) is 14.4. The van der Waals surface area contributed by atoms with Crippen molar-refractivity contribution in [3.63, 3.8) is 0 Å². The maximum Gasteiger partial charge on any atom is 0.278 e. The maximum atomic E-state index is 13.2. The van der Waals surface area contributed by atoms with Crippen molar-refractivity contribution >= 4 is 35.0 Å². The number of benzene rings is 1. The summed E-state index contributed by atoms with van der Waals surface area (Å²) in [5.74, 6) is -1.43. The fourth-order valence-corrected chi connectivity index (χ4v) is 1.81. The zero-order chi connectivity index (χ0) is 13.7. The molecule has 0 radical (unpaired) electrons. The number of amides is 1. The summed E-state index contributed by atoms with van der Waals surface area (Å²) >= 11 is 6.68. The molecule has 0 unspecified atom stereocenters. The van der Waals surface area contributed by atoms with Gasteiger partial charge < -0.3 is 11.1 Å². The molecule has 0 saturated heterocycles. The second-order valence-electron chi connectivity index (χ2n) is 3.11. The molecule has 0 fully saturated rings. The molecule has 0 aliphatic rings. The van der Waals surface area contributed by atoms with Crippen LogP contribution < -0.4 is 11.1 Å².